The molecule has 58 heavy (non-hydrogen) atoms. The van der Waals surface area contributed by atoms with Crippen molar-refractivity contribution in [2.75, 3.05) is 18.0 Å². The molecule has 2 aliphatic carbocycles. The van der Waals surface area contributed by atoms with Crippen molar-refractivity contribution in [3.05, 3.63) is 88.2 Å². The van der Waals surface area contributed by atoms with E-state index < -0.39 is 23.4 Å². The Labute approximate surface area is 339 Å². The second-order valence-corrected chi connectivity index (χ2v) is 17.7. The van der Waals surface area contributed by atoms with E-state index in [-0.39, 0.29) is 77.9 Å². The number of hydrogen-bond donors (Lipinski definition) is 2. The normalized spacial score (nSPS) is 25.1. The lowest BCUT2D eigenvalue weighted by molar-refractivity contribution is -0.164. The van der Waals surface area contributed by atoms with Gasteiger partial charge >= 0.3 is 0 Å². The zero-order valence-electron chi connectivity index (χ0n) is 34.2. The number of nitrogens with zero attached hydrogens (tertiary/aromatic N) is 2. The molecule has 3 amide bonds. The highest BCUT2D eigenvalue weighted by molar-refractivity contribution is 6.03. The molecular weight excluding hydrogens is 740 g/mol. The number of amides is 3. The predicted molar refractivity (Wildman–Crippen MR) is 215 cm³/mol. The van der Waals surface area contributed by atoms with Gasteiger partial charge in [-0.15, -0.1) is 0 Å². The van der Waals surface area contributed by atoms with Gasteiger partial charge in [0.25, 0.3) is 5.91 Å². The van der Waals surface area contributed by atoms with Gasteiger partial charge in [0.15, 0.2) is 5.78 Å². The third-order valence-corrected chi connectivity index (χ3v) is 12.7. The summed E-state index contributed by atoms with van der Waals surface area (Å²) in [7, 11) is 0. The number of rotatable bonds is 12. The Bertz CT molecular complexity index is 2090. The van der Waals surface area contributed by atoms with Crippen LogP contribution in [0.1, 0.15) is 110 Å². The summed E-state index contributed by atoms with van der Waals surface area (Å²) in [5, 5.41) is 15.0. The standard InChI is InChI=1S/C46H53FN4O7/c1-26-19-33(20-27(2)37(26)25-48)58-44-45(3,4)43(46(44,5)6)50-41(54)28-7-10-30(11-8-28)51-17-15-31(16-18-51)56-34-22-35(23-34)57-32-12-13-36(38(47)24-32)39(52)21-29-9-14-40(53)49-42(29)55/h7-8,10-13,19-20,24,29,31,34-35,43-44H,9,14-18,21-23H2,1-6H3,(H,50,54)(H,49,53,55)/t29-,34?,35?,43?,44?/m1/s1. The molecule has 2 saturated carbocycles. The first kappa shape index (κ1) is 40.9. The van der Waals surface area contributed by atoms with E-state index in [0.717, 1.165) is 48.5 Å². The molecule has 7 rings (SSSR count). The molecule has 2 heterocycles. The Kier molecular flexibility index (Phi) is 11.4. The van der Waals surface area contributed by atoms with Crippen molar-refractivity contribution >= 4 is 29.2 Å². The average Bonchev–Trinajstić information content (AvgIpc) is 3.16. The number of imide groups is 1. The maximum Gasteiger partial charge on any atom is 0.251 e. The Balaban J connectivity index is 0.831. The molecule has 11 nitrogen and oxygen atoms in total. The molecule has 1 atom stereocenters. The number of aryl methyl sites for hydroxylation is 2. The van der Waals surface area contributed by atoms with Gasteiger partial charge in [-0.25, -0.2) is 4.39 Å². The van der Waals surface area contributed by atoms with Gasteiger partial charge in [0.05, 0.1) is 29.4 Å². The molecule has 3 aromatic rings. The fraction of sp³-hybridized carbons (Fsp3) is 0.500. The summed E-state index contributed by atoms with van der Waals surface area (Å²) in [6.07, 6.45) is 3.39. The number of hydrogen-bond acceptors (Lipinski definition) is 9. The van der Waals surface area contributed by atoms with Crippen LogP contribution in [0, 0.1) is 47.7 Å². The number of nitriles is 1. The molecule has 4 fully saturated rings. The molecule has 306 valence electrons. The summed E-state index contributed by atoms with van der Waals surface area (Å²) in [6.45, 7) is 14.0. The second kappa shape index (κ2) is 16.2. The minimum Gasteiger partial charge on any atom is -0.490 e. The number of halogens is 1. The van der Waals surface area contributed by atoms with Crippen molar-refractivity contribution in [3.8, 4) is 17.6 Å². The number of carbonyl (C=O) groups excluding carboxylic acids is 4. The van der Waals surface area contributed by atoms with Crippen molar-refractivity contribution in [3.63, 3.8) is 0 Å². The van der Waals surface area contributed by atoms with Crippen LogP contribution in [0.4, 0.5) is 10.1 Å². The number of nitrogens with one attached hydrogen (secondary N) is 2. The zero-order chi connectivity index (χ0) is 41.5. The lowest BCUT2D eigenvalue weighted by Crippen LogP contribution is -2.74. The topological polar surface area (TPSA) is 147 Å². The SMILES string of the molecule is Cc1cc(OC2C(C)(C)C(NC(=O)c3ccc(N4CCC(OC5CC(Oc6ccc(C(=O)C[C@H]7CCC(=O)NC7=O)c(F)c6)C5)CC4)cc3)C2(C)C)cc(C)c1C#N. The van der Waals surface area contributed by atoms with Crippen molar-refractivity contribution in [2.45, 2.75) is 117 Å². The van der Waals surface area contributed by atoms with Crippen molar-refractivity contribution in [1.29, 1.82) is 5.26 Å². The van der Waals surface area contributed by atoms with Gasteiger partial charge in [-0.2, -0.15) is 5.26 Å². The summed E-state index contributed by atoms with van der Waals surface area (Å²) < 4.78 is 33.8. The quantitative estimate of drug-likeness (QED) is 0.144. The van der Waals surface area contributed by atoms with Gasteiger partial charge < -0.3 is 24.4 Å². The number of Topliss-reactive ketones (excluding diaryl/α,β-unsaturated/α-hetero) is 1. The minimum atomic E-state index is -0.694. The van der Waals surface area contributed by atoms with Gasteiger partial charge in [-0.05, 0) is 92.8 Å². The van der Waals surface area contributed by atoms with Crippen LogP contribution in [-0.4, -0.2) is 67.1 Å². The smallest absolute Gasteiger partial charge is 0.251 e. The zero-order valence-corrected chi connectivity index (χ0v) is 34.2. The summed E-state index contributed by atoms with van der Waals surface area (Å²) in [5.74, 6) is -1.69. The molecule has 0 radical (unpaired) electrons. The highest BCUT2D eigenvalue weighted by atomic mass is 19.1. The second-order valence-electron chi connectivity index (χ2n) is 17.7. The highest BCUT2D eigenvalue weighted by Gasteiger charge is 2.64. The number of ketones is 1. The van der Waals surface area contributed by atoms with Crippen LogP contribution in [0.5, 0.6) is 11.5 Å². The van der Waals surface area contributed by atoms with Crippen LogP contribution in [0.2, 0.25) is 0 Å². The van der Waals surface area contributed by atoms with Gasteiger partial charge in [0.1, 0.15) is 29.5 Å². The third kappa shape index (κ3) is 8.33. The lowest BCUT2D eigenvalue weighted by Gasteiger charge is -2.63. The first-order valence-corrected chi connectivity index (χ1v) is 20.4. The molecule has 0 spiro atoms. The molecular formula is C46H53FN4O7. The number of ether oxygens (including phenoxy) is 3. The van der Waals surface area contributed by atoms with Gasteiger partial charge in [0.2, 0.25) is 11.8 Å². The van der Waals surface area contributed by atoms with E-state index in [0.29, 0.717) is 29.7 Å². The molecule has 0 bridgehead atoms. The molecule has 12 heteroatoms. The molecule has 2 saturated heterocycles. The van der Waals surface area contributed by atoms with Crippen LogP contribution in [0.15, 0.2) is 54.6 Å². The molecule has 2 aliphatic heterocycles. The predicted octanol–water partition coefficient (Wildman–Crippen LogP) is 7.15. The average molecular weight is 793 g/mol. The van der Waals surface area contributed by atoms with Crippen LogP contribution >= 0.6 is 0 Å². The van der Waals surface area contributed by atoms with Gasteiger partial charge in [-0.3, -0.25) is 24.5 Å². The largest absolute Gasteiger partial charge is 0.490 e. The van der Waals surface area contributed by atoms with Crippen LogP contribution in [-0.2, 0) is 14.3 Å². The first-order chi connectivity index (χ1) is 27.5. The van der Waals surface area contributed by atoms with E-state index in [4.69, 9.17) is 14.2 Å². The summed E-state index contributed by atoms with van der Waals surface area (Å²) >= 11 is 0. The summed E-state index contributed by atoms with van der Waals surface area (Å²) in [6, 6.07) is 17.9. The van der Waals surface area contributed by atoms with E-state index in [1.807, 2.05) is 50.2 Å². The number of piperidine rings is 2. The van der Waals surface area contributed by atoms with Crippen LogP contribution in [0.25, 0.3) is 0 Å². The van der Waals surface area contributed by atoms with Crippen LogP contribution < -0.4 is 25.0 Å². The van der Waals surface area contributed by atoms with E-state index >= 15 is 0 Å². The highest BCUT2D eigenvalue weighted by Crippen LogP contribution is 2.55. The van der Waals surface area contributed by atoms with E-state index in [1.165, 1.54) is 12.1 Å². The Morgan fingerprint density at radius 2 is 1.53 bits per heavy atom. The van der Waals surface area contributed by atoms with E-state index in [1.54, 1.807) is 6.07 Å². The van der Waals surface area contributed by atoms with Gasteiger partial charge in [-0.1, -0.05) is 27.7 Å². The maximum atomic E-state index is 14.9. The number of anilines is 1. The van der Waals surface area contributed by atoms with Gasteiger partial charge in [0, 0.05) is 78.9 Å². The van der Waals surface area contributed by atoms with E-state index in [9.17, 15) is 28.8 Å². The fourth-order valence-corrected chi connectivity index (χ4v) is 9.64. The maximum absolute atomic E-state index is 14.9. The molecule has 0 unspecified atom stereocenters. The monoisotopic (exact) mass is 792 g/mol. The van der Waals surface area contributed by atoms with Crippen molar-refractivity contribution in [2.24, 2.45) is 16.7 Å². The Hall–Kier alpha value is -5.28. The lowest BCUT2D eigenvalue weighted by atomic mass is 9.49. The molecule has 4 aliphatic rings. The first-order valence-electron chi connectivity index (χ1n) is 20.4. The number of carbonyl (C=O) groups is 4. The third-order valence-electron chi connectivity index (χ3n) is 12.7. The van der Waals surface area contributed by atoms with E-state index in [2.05, 4.69) is 49.3 Å². The fourth-order valence-electron chi connectivity index (χ4n) is 9.64. The summed E-state index contributed by atoms with van der Waals surface area (Å²) in [4.78, 5) is 51.9. The minimum absolute atomic E-state index is 0.0652. The number of benzene rings is 3. The molecule has 3 aromatic carbocycles. The van der Waals surface area contributed by atoms with Crippen molar-refractivity contribution < 1.29 is 37.8 Å². The molecule has 2 N–H and O–H groups in total. The Morgan fingerprint density at radius 1 is 0.879 bits per heavy atom. The molecule has 0 aromatic heterocycles. The van der Waals surface area contributed by atoms with Crippen molar-refractivity contribution in [1.82, 2.24) is 10.6 Å². The Morgan fingerprint density at radius 3 is 2.14 bits per heavy atom. The summed E-state index contributed by atoms with van der Waals surface area (Å²) in [5.41, 5.74) is 3.37. The van der Waals surface area contributed by atoms with Crippen LogP contribution in [0.3, 0.4) is 0 Å².